The van der Waals surface area contributed by atoms with Crippen LogP contribution in [-0.2, 0) is 4.74 Å². The molecule has 2 heterocycles. The minimum Gasteiger partial charge on any atom is -0.447 e. The highest BCUT2D eigenvalue weighted by Gasteiger charge is 2.14. The lowest BCUT2D eigenvalue weighted by Crippen LogP contribution is -2.34. The Bertz CT molecular complexity index is 597. The molecule has 2 rings (SSSR count). The molecule has 0 saturated carbocycles. The minimum atomic E-state index is -0.242. The van der Waals surface area contributed by atoms with Crippen LogP contribution in [0, 0.1) is 0 Å². The second-order valence-electron chi connectivity index (χ2n) is 4.88. The predicted molar refractivity (Wildman–Crippen MR) is 84.8 cm³/mol. The van der Waals surface area contributed by atoms with Crippen LogP contribution >= 0.6 is 11.8 Å². The van der Waals surface area contributed by atoms with Gasteiger partial charge in [-0.1, -0.05) is 6.07 Å². The van der Waals surface area contributed by atoms with Crippen molar-refractivity contribution in [2.24, 2.45) is 0 Å². The number of aromatic nitrogens is 2. The number of thioether (sulfide) groups is 1. The number of hydrogen-bond acceptors (Lipinski definition) is 4. The van der Waals surface area contributed by atoms with Gasteiger partial charge in [-0.2, -0.15) is 0 Å². The molecule has 21 heavy (non-hydrogen) atoms. The van der Waals surface area contributed by atoms with Gasteiger partial charge in [0.2, 0.25) is 0 Å². The first-order valence-electron chi connectivity index (χ1n) is 7.12. The van der Waals surface area contributed by atoms with E-state index < -0.39 is 0 Å². The molecule has 2 aromatic heterocycles. The molecular formula is C15H21N3O2S. The van der Waals surface area contributed by atoms with Gasteiger partial charge in [0.15, 0.2) is 0 Å². The number of carbonyl (C=O) groups is 1. The molecule has 0 unspecified atom stereocenters. The molecule has 2 aromatic rings. The van der Waals surface area contributed by atoms with Gasteiger partial charge >= 0.3 is 6.09 Å². The lowest BCUT2D eigenvalue weighted by atomic mass is 10.5. The van der Waals surface area contributed by atoms with Crippen LogP contribution in [0.25, 0.3) is 5.65 Å². The van der Waals surface area contributed by atoms with Crippen molar-refractivity contribution in [3.63, 3.8) is 0 Å². The van der Waals surface area contributed by atoms with Crippen LogP contribution in [-0.4, -0.2) is 45.3 Å². The Hall–Kier alpha value is -1.69. The molecule has 0 fully saturated rings. The van der Waals surface area contributed by atoms with Crippen molar-refractivity contribution >= 4 is 23.5 Å². The second kappa shape index (κ2) is 7.36. The molecule has 0 radical (unpaired) electrons. The van der Waals surface area contributed by atoms with Crippen LogP contribution < -0.4 is 0 Å². The normalized spacial score (nSPS) is 11.0. The lowest BCUT2D eigenvalue weighted by molar-refractivity contribution is 0.0802. The maximum Gasteiger partial charge on any atom is 0.410 e. The molecule has 0 bridgehead atoms. The average molecular weight is 307 g/mol. The summed E-state index contributed by atoms with van der Waals surface area (Å²) in [5, 5.41) is 1.12. The molecule has 0 saturated heterocycles. The van der Waals surface area contributed by atoms with Crippen molar-refractivity contribution in [3.8, 4) is 0 Å². The molecule has 0 aliphatic heterocycles. The van der Waals surface area contributed by atoms with Gasteiger partial charge in [-0.3, -0.25) is 4.40 Å². The number of hydrogen-bond donors (Lipinski definition) is 0. The summed E-state index contributed by atoms with van der Waals surface area (Å²) < 4.78 is 7.28. The first kappa shape index (κ1) is 15.7. The first-order valence-corrected chi connectivity index (χ1v) is 8.10. The molecule has 0 aromatic carbocycles. The fourth-order valence-electron chi connectivity index (χ4n) is 1.95. The molecule has 1 amide bonds. The highest BCUT2D eigenvalue weighted by atomic mass is 32.2. The molecule has 5 nitrogen and oxygen atoms in total. The molecule has 0 atom stereocenters. The largest absolute Gasteiger partial charge is 0.447 e. The van der Waals surface area contributed by atoms with Gasteiger partial charge in [-0.15, -0.1) is 11.8 Å². The highest BCUT2D eigenvalue weighted by molar-refractivity contribution is 7.99. The summed E-state index contributed by atoms with van der Waals surface area (Å²) in [6.07, 6.45) is 3.41. The van der Waals surface area contributed by atoms with E-state index in [2.05, 4.69) is 11.1 Å². The van der Waals surface area contributed by atoms with Crippen molar-refractivity contribution in [1.82, 2.24) is 14.3 Å². The predicted octanol–water partition coefficient (Wildman–Crippen LogP) is 3.29. The summed E-state index contributed by atoms with van der Waals surface area (Å²) in [6, 6.07) is 6.03. The summed E-state index contributed by atoms with van der Waals surface area (Å²) >= 11 is 1.71. The summed E-state index contributed by atoms with van der Waals surface area (Å²) in [4.78, 5) is 17.9. The van der Waals surface area contributed by atoms with Gasteiger partial charge < -0.3 is 9.64 Å². The zero-order valence-electron chi connectivity index (χ0n) is 12.7. The third kappa shape index (κ3) is 4.14. The van der Waals surface area contributed by atoms with Crippen molar-refractivity contribution in [3.05, 3.63) is 30.6 Å². The summed E-state index contributed by atoms with van der Waals surface area (Å²) in [5.41, 5.74) is 0.937. The number of ether oxygens (including phenoxy) is 1. The van der Waals surface area contributed by atoms with E-state index in [1.807, 2.05) is 43.5 Å². The van der Waals surface area contributed by atoms with Crippen LogP contribution in [0.5, 0.6) is 0 Å². The van der Waals surface area contributed by atoms with Gasteiger partial charge in [-0.05, 0) is 32.9 Å². The Kier molecular flexibility index (Phi) is 5.50. The number of pyridine rings is 1. The molecule has 0 aliphatic rings. The van der Waals surface area contributed by atoms with E-state index in [-0.39, 0.29) is 12.2 Å². The lowest BCUT2D eigenvalue weighted by Gasteiger charge is -2.21. The Morgan fingerprint density at radius 1 is 1.48 bits per heavy atom. The van der Waals surface area contributed by atoms with E-state index in [0.29, 0.717) is 13.1 Å². The maximum absolute atomic E-state index is 11.9. The molecule has 114 valence electrons. The van der Waals surface area contributed by atoms with E-state index in [9.17, 15) is 4.79 Å². The number of rotatable bonds is 6. The molecule has 0 N–H and O–H groups in total. The van der Waals surface area contributed by atoms with Crippen molar-refractivity contribution in [2.75, 3.05) is 18.8 Å². The number of amides is 1. The van der Waals surface area contributed by atoms with Crippen molar-refractivity contribution < 1.29 is 9.53 Å². The first-order chi connectivity index (χ1) is 10.1. The van der Waals surface area contributed by atoms with Gasteiger partial charge in [-0.25, -0.2) is 9.78 Å². The Balaban J connectivity index is 1.91. The Morgan fingerprint density at radius 3 is 3.00 bits per heavy atom. The van der Waals surface area contributed by atoms with Crippen LogP contribution in [0.2, 0.25) is 0 Å². The Labute approximate surface area is 129 Å². The van der Waals surface area contributed by atoms with Gasteiger partial charge in [0, 0.05) is 31.2 Å². The number of fused-ring (bicyclic) bond motifs is 1. The standard InChI is InChI=1S/C15H21N3O2S/c1-4-17(15(19)20-12(2)3)10-11-21-14-7-5-6-13-16-8-9-18(13)14/h5-9,12H,4,10-11H2,1-3H3. The van der Waals surface area contributed by atoms with E-state index in [1.165, 1.54) is 0 Å². The van der Waals surface area contributed by atoms with Crippen LogP contribution in [0.15, 0.2) is 35.6 Å². The molecular weight excluding hydrogens is 286 g/mol. The van der Waals surface area contributed by atoms with E-state index >= 15 is 0 Å². The third-order valence-electron chi connectivity index (χ3n) is 2.98. The molecule has 6 heteroatoms. The van der Waals surface area contributed by atoms with Crippen molar-refractivity contribution in [2.45, 2.75) is 31.9 Å². The van der Waals surface area contributed by atoms with Gasteiger partial charge in [0.1, 0.15) is 5.65 Å². The van der Waals surface area contributed by atoms with Crippen LogP contribution in [0.1, 0.15) is 20.8 Å². The van der Waals surface area contributed by atoms with Gasteiger partial charge in [0.05, 0.1) is 11.1 Å². The summed E-state index contributed by atoms with van der Waals surface area (Å²) in [5.74, 6) is 0.818. The zero-order valence-corrected chi connectivity index (χ0v) is 13.5. The van der Waals surface area contributed by atoms with E-state index in [4.69, 9.17) is 4.74 Å². The summed E-state index contributed by atoms with van der Waals surface area (Å²) in [6.45, 7) is 7.00. The quantitative estimate of drug-likeness (QED) is 0.768. The fourth-order valence-corrected chi connectivity index (χ4v) is 2.94. The molecule has 0 aliphatic carbocycles. The van der Waals surface area contributed by atoms with Crippen LogP contribution in [0.4, 0.5) is 4.79 Å². The van der Waals surface area contributed by atoms with Crippen molar-refractivity contribution in [1.29, 1.82) is 0 Å². The monoisotopic (exact) mass is 307 g/mol. The third-order valence-corrected chi connectivity index (χ3v) is 3.99. The van der Waals surface area contributed by atoms with E-state index in [1.54, 1.807) is 22.9 Å². The Morgan fingerprint density at radius 2 is 2.29 bits per heavy atom. The molecule has 0 spiro atoms. The SMILES string of the molecule is CCN(CCSc1cccc2nccn12)C(=O)OC(C)C. The number of carbonyl (C=O) groups excluding carboxylic acids is 1. The fraction of sp³-hybridized carbons (Fsp3) is 0.467. The number of imidazole rings is 1. The summed E-state index contributed by atoms with van der Waals surface area (Å²) in [7, 11) is 0. The minimum absolute atomic E-state index is 0.0844. The second-order valence-corrected chi connectivity index (χ2v) is 6.00. The smallest absolute Gasteiger partial charge is 0.410 e. The van der Waals surface area contributed by atoms with E-state index in [0.717, 1.165) is 16.4 Å². The van der Waals surface area contributed by atoms with Gasteiger partial charge in [0.25, 0.3) is 0 Å². The number of nitrogens with zero attached hydrogens (tertiary/aromatic N) is 3. The maximum atomic E-state index is 11.9. The average Bonchev–Trinajstić information content (AvgIpc) is 2.91. The topological polar surface area (TPSA) is 46.8 Å². The zero-order chi connectivity index (χ0) is 15.2. The highest BCUT2D eigenvalue weighted by Crippen LogP contribution is 2.19. The van der Waals surface area contributed by atoms with Crippen LogP contribution in [0.3, 0.4) is 0 Å².